The van der Waals surface area contributed by atoms with Gasteiger partial charge in [-0.15, -0.1) is 0 Å². The Kier molecular flexibility index (Phi) is 4.11. The number of ether oxygens (including phenoxy) is 1. The first-order chi connectivity index (χ1) is 9.11. The lowest BCUT2D eigenvalue weighted by Gasteiger charge is -2.06. The summed E-state index contributed by atoms with van der Waals surface area (Å²) in [5.74, 6) is 1.24. The molecule has 6 nitrogen and oxygen atoms in total. The molecule has 0 fully saturated rings. The van der Waals surface area contributed by atoms with Crippen molar-refractivity contribution in [3.05, 3.63) is 29.5 Å². The fourth-order valence-electron chi connectivity index (χ4n) is 1.78. The van der Waals surface area contributed by atoms with Gasteiger partial charge in [0, 0.05) is 19.8 Å². The van der Waals surface area contributed by atoms with Gasteiger partial charge in [-0.05, 0) is 20.4 Å². The summed E-state index contributed by atoms with van der Waals surface area (Å²) in [6.45, 7) is 7.51. The molecule has 102 valence electrons. The van der Waals surface area contributed by atoms with Crippen LogP contribution in [0.4, 0.5) is 0 Å². The number of hydrogen-bond acceptors (Lipinski definition) is 5. The van der Waals surface area contributed by atoms with Gasteiger partial charge >= 0.3 is 0 Å². The number of hydrogen-bond donors (Lipinski definition) is 1. The molecule has 2 aromatic heterocycles. The predicted octanol–water partition coefficient (Wildman–Crippen LogP) is 1.73. The Morgan fingerprint density at radius 3 is 2.74 bits per heavy atom. The van der Waals surface area contributed by atoms with Crippen LogP contribution in [0.2, 0.25) is 0 Å². The van der Waals surface area contributed by atoms with Crippen LogP contribution in [0, 0.1) is 13.8 Å². The third kappa shape index (κ3) is 3.08. The molecule has 0 saturated heterocycles. The zero-order chi connectivity index (χ0) is 13.8. The van der Waals surface area contributed by atoms with Crippen molar-refractivity contribution in [2.24, 2.45) is 7.05 Å². The maximum Gasteiger partial charge on any atom is 0.238 e. The zero-order valence-electron chi connectivity index (χ0n) is 11.8. The SMILES string of the molecule is CCNCc1cncc(Oc2c(C)nn(C)c2C)n1. The van der Waals surface area contributed by atoms with Crippen molar-refractivity contribution in [1.29, 1.82) is 0 Å². The summed E-state index contributed by atoms with van der Waals surface area (Å²) >= 11 is 0. The molecule has 0 bridgehead atoms. The maximum atomic E-state index is 5.80. The van der Waals surface area contributed by atoms with E-state index in [0.717, 1.165) is 29.4 Å². The molecular formula is C13H19N5O. The van der Waals surface area contributed by atoms with Gasteiger partial charge in [-0.1, -0.05) is 6.92 Å². The first-order valence-corrected chi connectivity index (χ1v) is 6.31. The van der Waals surface area contributed by atoms with Crippen LogP contribution in [0.5, 0.6) is 11.6 Å². The van der Waals surface area contributed by atoms with Gasteiger partial charge in [0.2, 0.25) is 5.88 Å². The Balaban J connectivity index is 2.18. The van der Waals surface area contributed by atoms with Crippen molar-refractivity contribution in [2.45, 2.75) is 27.3 Å². The molecule has 0 aliphatic heterocycles. The second kappa shape index (κ2) is 5.79. The summed E-state index contributed by atoms with van der Waals surface area (Å²) in [5.41, 5.74) is 2.67. The Morgan fingerprint density at radius 2 is 2.11 bits per heavy atom. The minimum Gasteiger partial charge on any atom is -0.434 e. The molecule has 0 aromatic carbocycles. The maximum absolute atomic E-state index is 5.80. The normalized spacial score (nSPS) is 10.7. The van der Waals surface area contributed by atoms with Gasteiger partial charge in [0.15, 0.2) is 5.75 Å². The van der Waals surface area contributed by atoms with Gasteiger partial charge < -0.3 is 10.1 Å². The van der Waals surface area contributed by atoms with E-state index in [2.05, 4.69) is 27.3 Å². The molecule has 2 heterocycles. The van der Waals surface area contributed by atoms with Crippen molar-refractivity contribution in [3.8, 4) is 11.6 Å². The Labute approximate surface area is 112 Å². The van der Waals surface area contributed by atoms with Gasteiger partial charge in [-0.3, -0.25) is 9.67 Å². The second-order valence-electron chi connectivity index (χ2n) is 4.35. The molecule has 1 N–H and O–H groups in total. The molecular weight excluding hydrogens is 242 g/mol. The minimum absolute atomic E-state index is 0.495. The average molecular weight is 261 g/mol. The van der Waals surface area contributed by atoms with Gasteiger partial charge in [0.1, 0.15) is 5.69 Å². The summed E-state index contributed by atoms with van der Waals surface area (Å²) < 4.78 is 7.59. The van der Waals surface area contributed by atoms with E-state index in [1.165, 1.54) is 0 Å². The third-order valence-electron chi connectivity index (χ3n) is 2.87. The molecule has 0 atom stereocenters. The Morgan fingerprint density at radius 1 is 1.32 bits per heavy atom. The van der Waals surface area contributed by atoms with Gasteiger partial charge in [0.25, 0.3) is 0 Å². The number of aryl methyl sites for hydroxylation is 2. The molecule has 19 heavy (non-hydrogen) atoms. The van der Waals surface area contributed by atoms with Gasteiger partial charge in [-0.2, -0.15) is 5.10 Å². The van der Waals surface area contributed by atoms with E-state index in [0.29, 0.717) is 12.4 Å². The van der Waals surface area contributed by atoms with Crippen LogP contribution in [-0.2, 0) is 13.6 Å². The number of nitrogens with one attached hydrogen (secondary N) is 1. The van der Waals surface area contributed by atoms with E-state index in [1.54, 1.807) is 17.1 Å². The molecule has 0 unspecified atom stereocenters. The standard InChI is InChI=1S/C13H19N5O/c1-5-14-6-11-7-15-8-12(16-11)19-13-9(2)17-18(4)10(13)3/h7-8,14H,5-6H2,1-4H3. The van der Waals surface area contributed by atoms with Crippen molar-refractivity contribution in [1.82, 2.24) is 25.1 Å². The Bertz CT molecular complexity index is 564. The van der Waals surface area contributed by atoms with Crippen LogP contribution in [0.15, 0.2) is 12.4 Å². The molecule has 0 spiro atoms. The predicted molar refractivity (Wildman–Crippen MR) is 72.2 cm³/mol. The lowest BCUT2D eigenvalue weighted by atomic mass is 10.3. The highest BCUT2D eigenvalue weighted by Gasteiger charge is 2.12. The van der Waals surface area contributed by atoms with E-state index >= 15 is 0 Å². The lowest BCUT2D eigenvalue weighted by molar-refractivity contribution is 0.449. The molecule has 2 rings (SSSR count). The van der Waals surface area contributed by atoms with Gasteiger partial charge in [-0.25, -0.2) is 4.98 Å². The summed E-state index contributed by atoms with van der Waals surface area (Å²) in [7, 11) is 1.89. The number of aromatic nitrogens is 4. The molecule has 0 aliphatic carbocycles. The van der Waals surface area contributed by atoms with Crippen LogP contribution in [-0.4, -0.2) is 26.3 Å². The fraction of sp³-hybridized carbons (Fsp3) is 0.462. The molecule has 2 aromatic rings. The van der Waals surface area contributed by atoms with E-state index < -0.39 is 0 Å². The quantitative estimate of drug-likeness (QED) is 0.888. The third-order valence-corrected chi connectivity index (χ3v) is 2.87. The molecule has 0 amide bonds. The van der Waals surface area contributed by atoms with Crippen molar-refractivity contribution in [3.63, 3.8) is 0 Å². The largest absolute Gasteiger partial charge is 0.434 e. The number of rotatable bonds is 5. The van der Waals surface area contributed by atoms with Crippen molar-refractivity contribution >= 4 is 0 Å². The monoisotopic (exact) mass is 261 g/mol. The molecule has 6 heteroatoms. The van der Waals surface area contributed by atoms with Crippen LogP contribution in [0.25, 0.3) is 0 Å². The first kappa shape index (κ1) is 13.5. The van der Waals surface area contributed by atoms with Gasteiger partial charge in [0.05, 0.1) is 17.6 Å². The lowest BCUT2D eigenvalue weighted by Crippen LogP contribution is -2.13. The molecule has 0 saturated carbocycles. The van der Waals surface area contributed by atoms with Crippen molar-refractivity contribution in [2.75, 3.05) is 6.54 Å². The summed E-state index contributed by atoms with van der Waals surface area (Å²) in [5, 5.41) is 7.52. The van der Waals surface area contributed by atoms with E-state index in [-0.39, 0.29) is 0 Å². The fourth-order valence-corrected chi connectivity index (χ4v) is 1.78. The molecule has 0 aliphatic rings. The topological polar surface area (TPSA) is 64.9 Å². The smallest absolute Gasteiger partial charge is 0.238 e. The van der Waals surface area contributed by atoms with Crippen LogP contribution < -0.4 is 10.1 Å². The highest BCUT2D eigenvalue weighted by molar-refractivity contribution is 5.34. The van der Waals surface area contributed by atoms with Crippen LogP contribution in [0.3, 0.4) is 0 Å². The zero-order valence-corrected chi connectivity index (χ0v) is 11.8. The van der Waals surface area contributed by atoms with E-state index in [4.69, 9.17) is 4.74 Å². The second-order valence-corrected chi connectivity index (χ2v) is 4.35. The number of nitrogens with zero attached hydrogens (tertiary/aromatic N) is 4. The summed E-state index contributed by atoms with van der Waals surface area (Å²) in [4.78, 5) is 8.56. The first-order valence-electron chi connectivity index (χ1n) is 6.31. The molecule has 0 radical (unpaired) electrons. The average Bonchev–Trinajstić information content (AvgIpc) is 2.64. The van der Waals surface area contributed by atoms with Crippen LogP contribution in [0.1, 0.15) is 24.0 Å². The highest BCUT2D eigenvalue weighted by atomic mass is 16.5. The van der Waals surface area contributed by atoms with Crippen LogP contribution >= 0.6 is 0 Å². The van der Waals surface area contributed by atoms with E-state index in [1.807, 2.05) is 20.9 Å². The van der Waals surface area contributed by atoms with Crippen molar-refractivity contribution < 1.29 is 4.74 Å². The Hall–Kier alpha value is -1.95. The van der Waals surface area contributed by atoms with E-state index in [9.17, 15) is 0 Å². The summed E-state index contributed by atoms with van der Waals surface area (Å²) in [6, 6.07) is 0. The highest BCUT2D eigenvalue weighted by Crippen LogP contribution is 2.26. The summed E-state index contributed by atoms with van der Waals surface area (Å²) in [6.07, 6.45) is 3.35. The minimum atomic E-state index is 0.495.